The Kier molecular flexibility index (Phi) is 14.3. The molecule has 68 heavy (non-hydrogen) atoms. The van der Waals surface area contributed by atoms with Crippen molar-refractivity contribution >= 4 is 51.2 Å². The van der Waals surface area contributed by atoms with Crippen LogP contribution in [0.25, 0.3) is 10.8 Å². The number of methoxy groups -OCH3 is 1. The summed E-state index contributed by atoms with van der Waals surface area (Å²) in [6.45, 7) is 21.0. The summed E-state index contributed by atoms with van der Waals surface area (Å²) in [4.78, 5) is 45.9. The van der Waals surface area contributed by atoms with Gasteiger partial charge in [0.15, 0.2) is 17.2 Å². The first kappa shape index (κ1) is 49.9. The minimum atomic E-state index is -2.05. The van der Waals surface area contributed by atoms with Crippen LogP contribution in [0.2, 0.25) is 0 Å². The zero-order chi connectivity index (χ0) is 49.7. The molecule has 4 bridgehead atoms. The van der Waals surface area contributed by atoms with Gasteiger partial charge in [-0.15, -0.1) is 0 Å². The Morgan fingerprint density at radius 3 is 2.22 bits per heavy atom. The van der Waals surface area contributed by atoms with Crippen molar-refractivity contribution in [3.8, 4) is 34.5 Å². The number of allylic oxidation sites excluding steroid dienone is 2. The minimum absolute atomic E-state index is 0.0307. The Hall–Kier alpha value is -6.01. The zero-order valence-corrected chi connectivity index (χ0v) is 40.7. The molecule has 7 N–H and O–H groups in total. The number of piperazine rings is 1. The molecule has 368 valence electrons. The van der Waals surface area contributed by atoms with E-state index in [0.29, 0.717) is 24.7 Å². The molecule has 4 heterocycles. The van der Waals surface area contributed by atoms with E-state index in [0.717, 1.165) is 19.6 Å². The number of rotatable bonds is 5. The molecule has 3 aromatic rings. The van der Waals surface area contributed by atoms with Gasteiger partial charge in [-0.3, -0.25) is 19.3 Å². The lowest BCUT2D eigenvalue weighted by atomic mass is 9.78. The lowest BCUT2D eigenvalue weighted by Crippen LogP contribution is -2.47. The standard InChI is InChI=1S/C51H66N4O13/c1-24(2)23-54-16-18-55(19-17-54)32-21-33(57)39-35(22-32)67-48-40(52-39)36-37-44(60)30(8)47-38(36)49(62)51(10,68-47)65-20-15-34(64-11)27(5)46(66-31(9)56)29(7)43(59)28(6)42(58)25(3)13-12-14-26(4)50(63)53-41(48)45(37)61/h12-15,20-22,24-25,27-29,34,42-43,46,52,57-61H,16-19,23H2,1-11H3,(H,53,63)/b13-12+,20-15+,26-14-/t25-,27+,28+,29+,34-,42-,43+,46+,51-/m0/s1. The van der Waals surface area contributed by atoms with E-state index in [4.69, 9.17) is 23.7 Å². The molecule has 9 atom stereocenters. The molecule has 4 aliphatic rings. The van der Waals surface area contributed by atoms with Gasteiger partial charge in [0, 0.05) is 112 Å². The number of fused-ring (bicyclic) bond motifs is 2. The molecule has 7 rings (SSSR count). The second kappa shape index (κ2) is 19.5. The van der Waals surface area contributed by atoms with E-state index in [1.165, 1.54) is 46.3 Å². The van der Waals surface area contributed by atoms with Crippen LogP contribution in [-0.2, 0) is 23.8 Å². The number of nitrogens with one attached hydrogen (secondary N) is 2. The van der Waals surface area contributed by atoms with Gasteiger partial charge < -0.3 is 64.8 Å². The number of Topliss-reactive ketones (excluding diaryl/α,β-unsaturated/α-hetero) is 1. The van der Waals surface area contributed by atoms with Crippen molar-refractivity contribution in [3.05, 3.63) is 59.4 Å². The second-order valence-corrected chi connectivity index (χ2v) is 19.3. The van der Waals surface area contributed by atoms with E-state index in [2.05, 4.69) is 34.3 Å². The molecule has 17 heteroatoms. The molecule has 1 fully saturated rings. The number of aromatic hydroxyl groups is 3. The summed E-state index contributed by atoms with van der Waals surface area (Å²) in [5.74, 6) is -7.24. The van der Waals surface area contributed by atoms with Gasteiger partial charge in [0.1, 0.15) is 34.7 Å². The van der Waals surface area contributed by atoms with E-state index in [-0.39, 0.29) is 67.5 Å². The van der Waals surface area contributed by atoms with Gasteiger partial charge in [-0.25, -0.2) is 0 Å². The number of benzene rings is 3. The van der Waals surface area contributed by atoms with Crippen molar-refractivity contribution in [2.45, 2.75) is 99.4 Å². The molecule has 0 aromatic heterocycles. The molecule has 0 unspecified atom stereocenters. The number of hydrogen-bond donors (Lipinski definition) is 7. The van der Waals surface area contributed by atoms with Crippen molar-refractivity contribution in [3.63, 3.8) is 0 Å². The number of anilines is 4. The molecule has 3 aromatic carbocycles. The van der Waals surface area contributed by atoms with Crippen molar-refractivity contribution < 1.29 is 63.6 Å². The van der Waals surface area contributed by atoms with Gasteiger partial charge in [0.2, 0.25) is 0 Å². The normalized spacial score (nSPS) is 29.7. The maximum atomic E-state index is 14.9. The maximum Gasteiger partial charge on any atom is 0.312 e. The van der Waals surface area contributed by atoms with Gasteiger partial charge in [-0.05, 0) is 25.8 Å². The van der Waals surface area contributed by atoms with Gasteiger partial charge in [-0.2, -0.15) is 0 Å². The number of aliphatic hydroxyl groups excluding tert-OH is 2. The maximum absolute atomic E-state index is 14.9. The Balaban J connectivity index is 1.38. The number of nitrogens with zero attached hydrogens (tertiary/aromatic N) is 2. The summed E-state index contributed by atoms with van der Waals surface area (Å²) < 4.78 is 30.6. The topological polar surface area (TPSA) is 229 Å². The lowest BCUT2D eigenvalue weighted by Gasteiger charge is -2.38. The minimum Gasteiger partial charge on any atom is -0.507 e. The molecule has 17 nitrogen and oxygen atoms in total. The monoisotopic (exact) mass is 942 g/mol. The molecule has 1 amide bonds. The third-order valence-corrected chi connectivity index (χ3v) is 13.9. The summed E-state index contributed by atoms with van der Waals surface area (Å²) in [5, 5.41) is 64.7. The fourth-order valence-electron chi connectivity index (χ4n) is 9.85. The highest BCUT2D eigenvalue weighted by Gasteiger charge is 2.50. The Bertz CT molecular complexity index is 2560. The van der Waals surface area contributed by atoms with Gasteiger partial charge >= 0.3 is 11.8 Å². The quantitative estimate of drug-likeness (QED) is 0.0588. The zero-order valence-electron chi connectivity index (χ0n) is 40.7. The van der Waals surface area contributed by atoms with Gasteiger partial charge in [0.25, 0.3) is 11.7 Å². The lowest BCUT2D eigenvalue weighted by molar-refractivity contribution is -0.160. The van der Waals surface area contributed by atoms with Crippen LogP contribution in [0.4, 0.5) is 22.7 Å². The average Bonchev–Trinajstić information content (AvgIpc) is 3.56. The van der Waals surface area contributed by atoms with Crippen LogP contribution < -0.4 is 25.0 Å². The molecule has 0 saturated carbocycles. The summed E-state index contributed by atoms with van der Waals surface area (Å²) in [6, 6.07) is 3.38. The summed E-state index contributed by atoms with van der Waals surface area (Å²) in [5.41, 5.74) is 0.804. The van der Waals surface area contributed by atoms with Crippen molar-refractivity contribution in [1.82, 2.24) is 4.90 Å². The van der Waals surface area contributed by atoms with E-state index in [1.807, 2.05) is 0 Å². The van der Waals surface area contributed by atoms with Crippen LogP contribution in [-0.4, -0.2) is 118 Å². The van der Waals surface area contributed by atoms with Crippen LogP contribution >= 0.6 is 0 Å². The average molecular weight is 943 g/mol. The molecule has 0 radical (unpaired) electrons. The number of ketones is 1. The molecular weight excluding hydrogens is 877 g/mol. The number of phenolic OH excluding ortho intramolecular Hbond substituents is 3. The van der Waals surface area contributed by atoms with Crippen LogP contribution in [0.5, 0.6) is 34.5 Å². The van der Waals surface area contributed by atoms with Crippen molar-refractivity contribution in [2.24, 2.45) is 29.6 Å². The molecule has 4 aliphatic heterocycles. The Morgan fingerprint density at radius 1 is 0.882 bits per heavy atom. The van der Waals surface area contributed by atoms with Gasteiger partial charge in [-0.1, -0.05) is 59.8 Å². The third kappa shape index (κ3) is 9.28. The predicted molar refractivity (Wildman–Crippen MR) is 257 cm³/mol. The molecule has 0 aliphatic carbocycles. The first-order valence-electron chi connectivity index (χ1n) is 23.3. The first-order chi connectivity index (χ1) is 32.1. The smallest absolute Gasteiger partial charge is 0.312 e. The van der Waals surface area contributed by atoms with Crippen LogP contribution in [0.15, 0.2) is 48.3 Å². The van der Waals surface area contributed by atoms with Crippen molar-refractivity contribution in [1.29, 1.82) is 0 Å². The summed E-state index contributed by atoms with van der Waals surface area (Å²) in [6.07, 6.45) is 3.64. The number of phenols is 3. The molecular formula is C51H66N4O13. The summed E-state index contributed by atoms with van der Waals surface area (Å²) in [7, 11) is 1.45. The largest absolute Gasteiger partial charge is 0.507 e. The van der Waals surface area contributed by atoms with E-state index in [9.17, 15) is 39.9 Å². The van der Waals surface area contributed by atoms with E-state index >= 15 is 0 Å². The van der Waals surface area contributed by atoms with E-state index < -0.39 is 83.0 Å². The number of carbonyl (C=O) groups excluding carboxylic acids is 3. The number of amides is 1. The summed E-state index contributed by atoms with van der Waals surface area (Å²) >= 11 is 0. The Labute approximate surface area is 396 Å². The highest BCUT2D eigenvalue weighted by Crippen LogP contribution is 2.61. The Morgan fingerprint density at radius 2 is 1.57 bits per heavy atom. The van der Waals surface area contributed by atoms with Crippen LogP contribution in [0, 0.1) is 36.5 Å². The number of carbonyl (C=O) groups is 3. The predicted octanol–water partition coefficient (Wildman–Crippen LogP) is 7.38. The fraction of sp³-hybridized carbons (Fsp3) is 0.510. The number of hydrogen-bond acceptors (Lipinski definition) is 16. The highest BCUT2D eigenvalue weighted by molar-refractivity contribution is 6.25. The fourth-order valence-corrected chi connectivity index (χ4v) is 9.85. The van der Waals surface area contributed by atoms with Gasteiger partial charge in [0.05, 0.1) is 41.2 Å². The third-order valence-electron chi connectivity index (χ3n) is 13.9. The number of esters is 1. The number of aliphatic hydroxyl groups is 2. The molecule has 0 spiro atoms. The van der Waals surface area contributed by atoms with E-state index in [1.54, 1.807) is 58.9 Å². The van der Waals surface area contributed by atoms with Crippen LogP contribution in [0.1, 0.15) is 78.2 Å². The van der Waals surface area contributed by atoms with Crippen molar-refractivity contribution in [2.75, 3.05) is 55.4 Å². The van der Waals surface area contributed by atoms with Crippen LogP contribution in [0.3, 0.4) is 0 Å². The number of ether oxygens (including phenoxy) is 5. The highest BCUT2D eigenvalue weighted by atomic mass is 16.7. The first-order valence-corrected chi connectivity index (χ1v) is 23.3. The molecule has 1 saturated heterocycles. The SMILES string of the molecule is CO[C@H]1/C=C/O[C@@]2(C)Oc3c(C)c(O)c4c(O)c(c5c(c4c3C2=O)Nc2c(O)cc(N3CCN(CC(C)C)CC3)cc2O5)NC(=O)/C(C)=C\C=C\[C@H](C)[C@H](O)[C@@H](C)[C@@H](O)[C@@H](C)[C@H](OC(C)=O)[C@@H]1C. The second-order valence-electron chi connectivity index (χ2n) is 19.3.